The highest BCUT2D eigenvalue weighted by atomic mass is 32.2. The number of pyridine rings is 1. The molecule has 0 spiro atoms. The number of aromatic nitrogens is 1. The van der Waals surface area contributed by atoms with Crippen LogP contribution < -0.4 is 15.0 Å². The van der Waals surface area contributed by atoms with Crippen LogP contribution >= 0.6 is 0 Å². The lowest BCUT2D eigenvalue weighted by Crippen LogP contribution is -2.38. The predicted octanol–water partition coefficient (Wildman–Crippen LogP) is 1.58. The minimum atomic E-state index is -3.75. The fourth-order valence-electron chi connectivity index (χ4n) is 3.63. The number of amides is 3. The summed E-state index contributed by atoms with van der Waals surface area (Å²) in [5, 5.41) is 0. The minimum absolute atomic E-state index is 0.0330. The molecule has 1 N–H and O–H groups in total. The molecule has 0 aliphatic carbocycles. The topological polar surface area (TPSA) is 141 Å². The highest BCUT2D eigenvalue weighted by Gasteiger charge is 2.45. The van der Waals surface area contributed by atoms with Crippen molar-refractivity contribution in [2.45, 2.75) is 26.5 Å². The molecule has 0 fully saturated rings. The molecule has 35 heavy (non-hydrogen) atoms. The number of hydroxylamine groups is 1. The molecule has 13 heteroatoms. The molecule has 11 nitrogen and oxygen atoms in total. The molecule has 3 rings (SSSR count). The summed E-state index contributed by atoms with van der Waals surface area (Å²) in [4.78, 5) is 47.8. The number of hydrogen-bond donors (Lipinski definition) is 1. The summed E-state index contributed by atoms with van der Waals surface area (Å²) in [6.45, 7) is 2.81. The number of nitrogens with zero attached hydrogens (tertiary/aromatic N) is 2. The second-order valence-electron chi connectivity index (χ2n) is 7.67. The van der Waals surface area contributed by atoms with Crippen molar-refractivity contribution in [2.24, 2.45) is 0 Å². The van der Waals surface area contributed by atoms with Crippen LogP contribution in [-0.2, 0) is 26.1 Å². The van der Waals surface area contributed by atoms with Gasteiger partial charge in [-0.2, -0.15) is 0 Å². The number of imide groups is 1. The average molecular weight is 510 g/mol. The van der Waals surface area contributed by atoms with Crippen molar-refractivity contribution in [3.8, 4) is 11.6 Å². The van der Waals surface area contributed by atoms with Gasteiger partial charge in [-0.1, -0.05) is 6.07 Å². The molecule has 0 saturated carbocycles. The lowest BCUT2D eigenvalue weighted by molar-refractivity contribution is -0.132. The van der Waals surface area contributed by atoms with Gasteiger partial charge in [-0.3, -0.25) is 24.1 Å². The zero-order chi connectivity index (χ0) is 25.9. The van der Waals surface area contributed by atoms with Gasteiger partial charge in [0.25, 0.3) is 17.7 Å². The van der Waals surface area contributed by atoms with Crippen molar-refractivity contribution in [1.29, 1.82) is 0 Å². The highest BCUT2D eigenvalue weighted by molar-refractivity contribution is 7.90. The molecule has 1 aliphatic rings. The Balaban J connectivity index is 2.10. The number of rotatable bonds is 10. The molecular weight excluding hydrogens is 485 g/mol. The van der Waals surface area contributed by atoms with Crippen molar-refractivity contribution < 1.29 is 41.5 Å². The monoisotopic (exact) mass is 509 g/mol. The van der Waals surface area contributed by atoms with Gasteiger partial charge in [-0.15, -0.1) is 0 Å². The van der Waals surface area contributed by atoms with E-state index in [4.69, 9.17) is 14.3 Å². The van der Waals surface area contributed by atoms with Crippen LogP contribution in [0.2, 0.25) is 0 Å². The van der Waals surface area contributed by atoms with E-state index in [1.165, 1.54) is 32.2 Å². The molecule has 1 aromatic carbocycles. The van der Waals surface area contributed by atoms with Crippen molar-refractivity contribution >= 4 is 27.6 Å². The third-order valence-corrected chi connectivity index (χ3v) is 5.93. The van der Waals surface area contributed by atoms with Crippen molar-refractivity contribution in [1.82, 2.24) is 15.4 Å². The number of ether oxygens (including phenoxy) is 2. The van der Waals surface area contributed by atoms with Gasteiger partial charge in [0.15, 0.2) is 5.75 Å². The maximum atomic E-state index is 14.7. The first kappa shape index (κ1) is 26.0. The number of carbonyl (C=O) groups excluding carboxylic acids is 3. The fourth-order valence-corrected chi connectivity index (χ4v) is 4.52. The predicted molar refractivity (Wildman–Crippen MR) is 120 cm³/mol. The van der Waals surface area contributed by atoms with E-state index in [-0.39, 0.29) is 41.7 Å². The van der Waals surface area contributed by atoms with Gasteiger partial charge in [0.1, 0.15) is 22.3 Å². The van der Waals surface area contributed by atoms with Crippen LogP contribution in [0, 0.1) is 5.82 Å². The molecule has 2 aromatic rings. The Morgan fingerprint density at radius 2 is 1.86 bits per heavy atom. The minimum Gasteiger partial charge on any atom is -0.491 e. The lowest BCUT2D eigenvalue weighted by atomic mass is 10.0. The van der Waals surface area contributed by atoms with Crippen molar-refractivity contribution in [3.05, 3.63) is 52.5 Å². The van der Waals surface area contributed by atoms with E-state index in [2.05, 4.69) is 10.5 Å². The molecule has 1 aromatic heterocycles. The van der Waals surface area contributed by atoms with Crippen LogP contribution in [0.15, 0.2) is 24.3 Å². The normalized spacial score (nSPS) is 14.0. The molecule has 1 atom stereocenters. The quantitative estimate of drug-likeness (QED) is 0.373. The van der Waals surface area contributed by atoms with Crippen LogP contribution in [0.1, 0.15) is 51.9 Å². The van der Waals surface area contributed by atoms with Gasteiger partial charge in [-0.25, -0.2) is 23.3 Å². The van der Waals surface area contributed by atoms with Gasteiger partial charge >= 0.3 is 0 Å². The molecule has 1 aliphatic heterocycles. The standard InChI is InChI=1S/C22H24FN3O8S/c1-5-33-20-17(32-3)9-8-15(24-20)16(11-35(4,30)31)26-21(28)18-13(10-34-25-12(2)27)6-7-14(23)19(18)22(26)29/h6-9,16H,5,10-11H2,1-4H3,(H,25,27). The SMILES string of the molecule is CCOc1nc(C(CS(C)(=O)=O)N2C(=O)c3c(F)ccc(CONC(C)=O)c3C2=O)ccc1OC. The molecular formula is C22H24FN3O8S. The van der Waals surface area contributed by atoms with Gasteiger partial charge < -0.3 is 9.47 Å². The summed E-state index contributed by atoms with van der Waals surface area (Å²) in [5.74, 6) is -3.76. The number of benzene rings is 1. The zero-order valence-corrected chi connectivity index (χ0v) is 20.3. The van der Waals surface area contributed by atoms with E-state index in [0.717, 1.165) is 12.3 Å². The zero-order valence-electron chi connectivity index (χ0n) is 19.5. The van der Waals surface area contributed by atoms with Gasteiger partial charge in [-0.05, 0) is 30.7 Å². The Morgan fingerprint density at radius 1 is 1.17 bits per heavy atom. The number of hydrogen-bond acceptors (Lipinski definition) is 9. The molecule has 0 radical (unpaired) electrons. The smallest absolute Gasteiger partial charge is 0.265 e. The third-order valence-electron chi connectivity index (χ3n) is 5.01. The summed E-state index contributed by atoms with van der Waals surface area (Å²) in [6, 6.07) is 3.72. The number of carbonyl (C=O) groups is 3. The van der Waals surface area contributed by atoms with Gasteiger partial charge in [0.05, 0.1) is 42.3 Å². The van der Waals surface area contributed by atoms with Gasteiger partial charge in [0.2, 0.25) is 5.91 Å². The summed E-state index contributed by atoms with van der Waals surface area (Å²) < 4.78 is 49.9. The Bertz CT molecular complexity index is 1280. The van der Waals surface area contributed by atoms with E-state index < -0.39 is 50.7 Å². The molecule has 0 saturated heterocycles. The molecule has 1 unspecified atom stereocenters. The van der Waals surface area contributed by atoms with E-state index in [0.29, 0.717) is 4.90 Å². The number of methoxy groups -OCH3 is 1. The molecule has 188 valence electrons. The van der Waals surface area contributed by atoms with Crippen LogP contribution in [0.5, 0.6) is 11.6 Å². The maximum absolute atomic E-state index is 14.7. The van der Waals surface area contributed by atoms with Crippen molar-refractivity contribution in [2.75, 3.05) is 25.7 Å². The number of fused-ring (bicyclic) bond motifs is 1. The maximum Gasteiger partial charge on any atom is 0.265 e. The van der Waals surface area contributed by atoms with Crippen LogP contribution in [0.4, 0.5) is 4.39 Å². The Hall–Kier alpha value is -3.58. The second-order valence-corrected chi connectivity index (χ2v) is 9.85. The lowest BCUT2D eigenvalue weighted by Gasteiger charge is -2.26. The summed E-state index contributed by atoms with van der Waals surface area (Å²) in [5.41, 5.74) is 1.45. The number of nitrogens with one attached hydrogen (secondary N) is 1. The average Bonchev–Trinajstić information content (AvgIpc) is 3.04. The van der Waals surface area contributed by atoms with Gasteiger partial charge in [0, 0.05) is 13.2 Å². The largest absolute Gasteiger partial charge is 0.491 e. The highest BCUT2D eigenvalue weighted by Crippen LogP contribution is 2.36. The molecule has 2 heterocycles. The van der Waals surface area contributed by atoms with E-state index in [1.807, 2.05) is 0 Å². The Labute approximate surface area is 201 Å². The van der Waals surface area contributed by atoms with Crippen molar-refractivity contribution in [3.63, 3.8) is 0 Å². The Morgan fingerprint density at radius 3 is 2.46 bits per heavy atom. The molecule has 3 amide bonds. The summed E-state index contributed by atoms with van der Waals surface area (Å²) in [7, 11) is -2.36. The first-order valence-corrected chi connectivity index (χ1v) is 12.5. The van der Waals surface area contributed by atoms with E-state index >= 15 is 0 Å². The second kappa shape index (κ2) is 10.4. The summed E-state index contributed by atoms with van der Waals surface area (Å²) >= 11 is 0. The first-order valence-electron chi connectivity index (χ1n) is 10.4. The first-order chi connectivity index (χ1) is 16.5. The summed E-state index contributed by atoms with van der Waals surface area (Å²) in [6.07, 6.45) is 0.943. The van der Waals surface area contributed by atoms with E-state index in [9.17, 15) is 27.2 Å². The fraction of sp³-hybridized carbons (Fsp3) is 0.364. The van der Waals surface area contributed by atoms with Crippen LogP contribution in [0.25, 0.3) is 0 Å². The van der Waals surface area contributed by atoms with E-state index in [1.54, 1.807) is 6.92 Å². The molecule has 0 bridgehead atoms. The van der Waals surface area contributed by atoms with Crippen LogP contribution in [-0.4, -0.2) is 61.7 Å². The Kier molecular flexibility index (Phi) is 7.70. The number of sulfone groups is 1. The third kappa shape index (κ3) is 5.57. The van der Waals surface area contributed by atoms with Crippen LogP contribution in [0.3, 0.4) is 0 Å². The number of halogens is 1.